The monoisotopic (exact) mass is 306 g/mol. The largest absolute Gasteiger partial charge is 0.322 e. The maximum absolute atomic E-state index is 12.1. The Hall–Kier alpha value is -2.64. The van der Waals surface area contributed by atoms with Gasteiger partial charge in [-0.3, -0.25) is 20.8 Å². The Morgan fingerprint density at radius 1 is 1.24 bits per heavy atom. The number of nitrogens with two attached hydrogens (primary N) is 1. The van der Waals surface area contributed by atoms with Gasteiger partial charge >= 0.3 is 0 Å². The minimum absolute atomic E-state index is 0.00934. The number of anilines is 2. The predicted octanol–water partition coefficient (Wildman–Crippen LogP) is 2.79. The SMILES string of the molecule is NNc1c(Cl)cc(C(=O)Nc2ccccc2)cc1[N+](=O)[O-]. The number of halogens is 1. The Labute approximate surface area is 124 Å². The Kier molecular flexibility index (Phi) is 4.36. The molecule has 0 saturated heterocycles. The molecule has 0 spiro atoms. The second-order valence-electron chi connectivity index (χ2n) is 4.07. The zero-order valence-corrected chi connectivity index (χ0v) is 11.4. The van der Waals surface area contributed by atoms with Crippen molar-refractivity contribution in [2.24, 2.45) is 5.84 Å². The molecule has 21 heavy (non-hydrogen) atoms. The van der Waals surface area contributed by atoms with Crippen LogP contribution in [0.2, 0.25) is 5.02 Å². The van der Waals surface area contributed by atoms with Crippen LogP contribution in [0.3, 0.4) is 0 Å². The topological polar surface area (TPSA) is 110 Å². The number of amides is 1. The molecule has 0 unspecified atom stereocenters. The summed E-state index contributed by atoms with van der Waals surface area (Å²) in [6.07, 6.45) is 0. The van der Waals surface area contributed by atoms with Crippen LogP contribution in [-0.2, 0) is 0 Å². The first-order valence-corrected chi connectivity index (χ1v) is 6.21. The summed E-state index contributed by atoms with van der Waals surface area (Å²) in [6, 6.07) is 11.1. The highest BCUT2D eigenvalue weighted by molar-refractivity contribution is 6.34. The van der Waals surface area contributed by atoms with Gasteiger partial charge in [0.15, 0.2) is 0 Å². The van der Waals surface area contributed by atoms with Gasteiger partial charge in [-0.1, -0.05) is 29.8 Å². The normalized spacial score (nSPS) is 10.0. The average molecular weight is 307 g/mol. The van der Waals surface area contributed by atoms with Gasteiger partial charge in [0.25, 0.3) is 11.6 Å². The van der Waals surface area contributed by atoms with Crippen LogP contribution in [0.25, 0.3) is 0 Å². The van der Waals surface area contributed by atoms with E-state index in [-0.39, 0.29) is 22.0 Å². The van der Waals surface area contributed by atoms with E-state index in [9.17, 15) is 14.9 Å². The number of nitrogens with zero attached hydrogens (tertiary/aromatic N) is 1. The second kappa shape index (κ2) is 6.21. The number of hydrogen-bond donors (Lipinski definition) is 3. The van der Waals surface area contributed by atoms with E-state index < -0.39 is 10.8 Å². The third-order valence-electron chi connectivity index (χ3n) is 2.70. The fraction of sp³-hybridized carbons (Fsp3) is 0. The van der Waals surface area contributed by atoms with Crippen molar-refractivity contribution in [2.75, 3.05) is 10.7 Å². The average Bonchev–Trinajstić information content (AvgIpc) is 2.47. The summed E-state index contributed by atoms with van der Waals surface area (Å²) in [7, 11) is 0. The van der Waals surface area contributed by atoms with Gasteiger partial charge in [0.05, 0.1) is 9.95 Å². The van der Waals surface area contributed by atoms with Crippen LogP contribution in [0, 0.1) is 10.1 Å². The summed E-state index contributed by atoms with van der Waals surface area (Å²) < 4.78 is 0. The number of hydrazine groups is 1. The number of carbonyl (C=O) groups excluding carboxylic acids is 1. The van der Waals surface area contributed by atoms with Gasteiger partial charge < -0.3 is 10.7 Å². The molecule has 0 aliphatic carbocycles. The fourth-order valence-electron chi connectivity index (χ4n) is 1.73. The number of para-hydroxylation sites is 1. The molecule has 108 valence electrons. The lowest BCUT2D eigenvalue weighted by molar-refractivity contribution is -0.384. The summed E-state index contributed by atoms with van der Waals surface area (Å²) in [5.74, 6) is 4.69. The summed E-state index contributed by atoms with van der Waals surface area (Å²) in [6.45, 7) is 0. The van der Waals surface area contributed by atoms with Crippen LogP contribution in [0.5, 0.6) is 0 Å². The molecule has 0 radical (unpaired) electrons. The molecule has 0 aromatic heterocycles. The number of rotatable bonds is 4. The van der Waals surface area contributed by atoms with E-state index in [1.165, 1.54) is 6.07 Å². The van der Waals surface area contributed by atoms with Crippen LogP contribution in [0.15, 0.2) is 42.5 Å². The molecule has 2 aromatic rings. The second-order valence-corrected chi connectivity index (χ2v) is 4.48. The van der Waals surface area contributed by atoms with Crippen molar-refractivity contribution in [3.63, 3.8) is 0 Å². The zero-order chi connectivity index (χ0) is 15.4. The van der Waals surface area contributed by atoms with E-state index in [1.807, 2.05) is 0 Å². The minimum Gasteiger partial charge on any atom is -0.322 e. The van der Waals surface area contributed by atoms with Crippen LogP contribution in [-0.4, -0.2) is 10.8 Å². The first kappa shape index (κ1) is 14.8. The van der Waals surface area contributed by atoms with E-state index in [4.69, 9.17) is 17.4 Å². The van der Waals surface area contributed by atoms with Gasteiger partial charge in [-0.05, 0) is 18.2 Å². The smallest absolute Gasteiger partial charge is 0.295 e. The molecule has 8 heteroatoms. The summed E-state index contributed by atoms with van der Waals surface area (Å²) >= 11 is 5.90. The van der Waals surface area contributed by atoms with Crippen LogP contribution in [0.1, 0.15) is 10.4 Å². The Morgan fingerprint density at radius 2 is 1.90 bits per heavy atom. The van der Waals surface area contributed by atoms with Gasteiger partial charge in [-0.2, -0.15) is 0 Å². The van der Waals surface area contributed by atoms with E-state index >= 15 is 0 Å². The van der Waals surface area contributed by atoms with Crippen molar-refractivity contribution in [1.29, 1.82) is 0 Å². The summed E-state index contributed by atoms with van der Waals surface area (Å²) in [4.78, 5) is 22.4. The maximum atomic E-state index is 12.1. The highest BCUT2D eigenvalue weighted by atomic mass is 35.5. The molecule has 0 atom stereocenters. The van der Waals surface area contributed by atoms with Gasteiger partial charge in [0.1, 0.15) is 5.69 Å². The highest BCUT2D eigenvalue weighted by Gasteiger charge is 2.21. The molecule has 2 aromatic carbocycles. The maximum Gasteiger partial charge on any atom is 0.295 e. The first-order valence-electron chi connectivity index (χ1n) is 5.84. The van der Waals surface area contributed by atoms with Crippen molar-refractivity contribution in [2.45, 2.75) is 0 Å². The first-order chi connectivity index (χ1) is 10.0. The summed E-state index contributed by atoms with van der Waals surface area (Å²) in [5, 5.41) is 13.6. The van der Waals surface area contributed by atoms with Gasteiger partial charge in [0, 0.05) is 17.3 Å². The molecule has 0 saturated carbocycles. The standard InChI is InChI=1S/C13H11ClN4O3/c14-10-6-8(7-11(18(20)21)12(10)17-15)13(19)16-9-4-2-1-3-5-9/h1-7,17H,15H2,(H,16,19). The number of hydrogen-bond acceptors (Lipinski definition) is 5. The molecule has 0 aliphatic rings. The van der Waals surface area contributed by atoms with Gasteiger partial charge in [0.2, 0.25) is 0 Å². The van der Waals surface area contributed by atoms with E-state index in [0.717, 1.165) is 6.07 Å². The molecule has 7 nitrogen and oxygen atoms in total. The molecular formula is C13H11ClN4O3. The molecule has 0 fully saturated rings. The molecule has 1 amide bonds. The molecule has 0 bridgehead atoms. The number of nitrogen functional groups attached to an aromatic ring is 1. The number of benzene rings is 2. The number of nitrogens with one attached hydrogen (secondary N) is 2. The minimum atomic E-state index is -0.666. The fourth-order valence-corrected chi connectivity index (χ4v) is 2.00. The van der Waals surface area contributed by atoms with E-state index in [1.54, 1.807) is 30.3 Å². The lowest BCUT2D eigenvalue weighted by Gasteiger charge is -2.08. The lowest BCUT2D eigenvalue weighted by atomic mass is 10.1. The summed E-state index contributed by atoms with van der Waals surface area (Å²) in [5.41, 5.74) is 2.38. The van der Waals surface area contributed by atoms with Crippen molar-refractivity contribution in [3.05, 3.63) is 63.2 Å². The third kappa shape index (κ3) is 3.28. The van der Waals surface area contributed by atoms with Crippen molar-refractivity contribution in [1.82, 2.24) is 0 Å². The lowest BCUT2D eigenvalue weighted by Crippen LogP contribution is -2.14. The Morgan fingerprint density at radius 3 is 2.48 bits per heavy atom. The van der Waals surface area contributed by atoms with Crippen LogP contribution in [0.4, 0.5) is 17.1 Å². The van der Waals surface area contributed by atoms with E-state index in [0.29, 0.717) is 5.69 Å². The third-order valence-corrected chi connectivity index (χ3v) is 3.00. The Bertz CT molecular complexity index is 691. The van der Waals surface area contributed by atoms with Gasteiger partial charge in [-0.15, -0.1) is 0 Å². The highest BCUT2D eigenvalue weighted by Crippen LogP contribution is 2.33. The number of carbonyl (C=O) groups is 1. The van der Waals surface area contributed by atoms with Crippen molar-refractivity contribution < 1.29 is 9.72 Å². The molecular weight excluding hydrogens is 296 g/mol. The quantitative estimate of drug-likeness (QED) is 0.457. The molecule has 0 heterocycles. The van der Waals surface area contributed by atoms with Crippen molar-refractivity contribution >= 4 is 34.6 Å². The van der Waals surface area contributed by atoms with Crippen LogP contribution < -0.4 is 16.6 Å². The Balaban J connectivity index is 2.36. The van der Waals surface area contributed by atoms with E-state index in [2.05, 4.69) is 10.7 Å². The molecule has 0 aliphatic heterocycles. The van der Waals surface area contributed by atoms with Crippen LogP contribution >= 0.6 is 11.6 Å². The molecule has 2 rings (SSSR count). The zero-order valence-electron chi connectivity index (χ0n) is 10.7. The van der Waals surface area contributed by atoms with Crippen molar-refractivity contribution in [3.8, 4) is 0 Å². The molecule has 4 N–H and O–H groups in total. The predicted molar refractivity (Wildman–Crippen MR) is 80.3 cm³/mol. The van der Waals surface area contributed by atoms with Gasteiger partial charge in [-0.25, -0.2) is 0 Å². The number of nitro benzene ring substituents is 1. The number of nitro groups is 1.